The van der Waals surface area contributed by atoms with Crippen LogP contribution in [0.4, 0.5) is 0 Å². The minimum Gasteiger partial charge on any atom is -0.508 e. The van der Waals surface area contributed by atoms with Crippen LogP contribution in [0.3, 0.4) is 0 Å². The Morgan fingerprint density at radius 3 is 2.28 bits per heavy atom. The lowest BCUT2D eigenvalue weighted by molar-refractivity contribution is -0.124. The Morgan fingerprint density at radius 1 is 1.00 bits per heavy atom. The normalized spacial score (nSPS) is 26.3. The molecule has 6 rings (SSSR count). The monoisotopic (exact) mass is 606 g/mol. The molecule has 0 saturated heterocycles. The summed E-state index contributed by atoms with van der Waals surface area (Å²) in [5.74, 6) is 3.49. The number of benzene rings is 2. The molecule has 2 aromatic rings. The van der Waals surface area contributed by atoms with Crippen molar-refractivity contribution in [3.63, 3.8) is 0 Å². The molecule has 4 fully saturated rings. The van der Waals surface area contributed by atoms with Gasteiger partial charge in [-0.05, 0) is 116 Å². The van der Waals surface area contributed by atoms with E-state index in [1.54, 1.807) is 6.07 Å². The maximum Gasteiger partial charge on any atom is 0.224 e. The zero-order valence-electron chi connectivity index (χ0n) is 27.2. The summed E-state index contributed by atoms with van der Waals surface area (Å²) in [5.41, 5.74) is 3.76. The first-order chi connectivity index (χ1) is 20.3. The topological polar surface area (TPSA) is 90.8 Å². The highest BCUT2D eigenvalue weighted by Crippen LogP contribution is 2.53. The number of amides is 1. The van der Waals surface area contributed by atoms with Crippen LogP contribution >= 0.6 is 0 Å². The van der Waals surface area contributed by atoms with Gasteiger partial charge < -0.3 is 25.3 Å². The Balaban J connectivity index is 1.18. The zero-order chi connectivity index (χ0) is 30.9. The largest absolute Gasteiger partial charge is 0.508 e. The van der Waals surface area contributed by atoms with Gasteiger partial charge in [-0.15, -0.1) is 0 Å². The highest BCUT2D eigenvalue weighted by Gasteiger charge is 2.48. The molecule has 236 valence electrons. The number of rotatable bonds is 12. The van der Waals surface area contributed by atoms with Crippen molar-refractivity contribution in [1.82, 2.24) is 10.6 Å². The van der Waals surface area contributed by atoms with Crippen LogP contribution in [0, 0.1) is 23.7 Å². The van der Waals surface area contributed by atoms with Gasteiger partial charge in [0, 0.05) is 24.2 Å². The van der Waals surface area contributed by atoms with E-state index in [1.807, 2.05) is 12.1 Å². The number of hydrogen-bond donors (Lipinski definition) is 4. The van der Waals surface area contributed by atoms with Gasteiger partial charge in [-0.1, -0.05) is 51.1 Å². The summed E-state index contributed by atoms with van der Waals surface area (Å²) in [7, 11) is -2.09. The van der Waals surface area contributed by atoms with E-state index in [-0.39, 0.29) is 35.4 Å². The molecule has 6 nitrogen and oxygen atoms in total. The first-order valence-electron chi connectivity index (χ1n) is 16.5. The number of aliphatic hydroxyl groups is 1. The van der Waals surface area contributed by atoms with Crippen LogP contribution in [-0.4, -0.2) is 43.1 Å². The van der Waals surface area contributed by atoms with E-state index in [2.05, 4.69) is 75.7 Å². The van der Waals surface area contributed by atoms with Crippen LogP contribution in [0.15, 0.2) is 42.5 Å². The molecule has 0 unspecified atom stereocenters. The highest BCUT2D eigenvalue weighted by atomic mass is 28.4. The van der Waals surface area contributed by atoms with Crippen molar-refractivity contribution in [1.29, 1.82) is 0 Å². The van der Waals surface area contributed by atoms with Crippen LogP contribution in [-0.2, 0) is 28.7 Å². The molecular weight excluding hydrogens is 552 g/mol. The summed E-state index contributed by atoms with van der Waals surface area (Å²) in [5, 5.41) is 27.1. The molecule has 43 heavy (non-hydrogen) atoms. The van der Waals surface area contributed by atoms with Gasteiger partial charge in [0.25, 0.3) is 0 Å². The number of carbonyl (C=O) groups is 1. The maximum atomic E-state index is 13.1. The van der Waals surface area contributed by atoms with Crippen molar-refractivity contribution >= 4 is 14.2 Å². The fraction of sp³-hybridized carbons (Fsp3) is 0.639. The van der Waals surface area contributed by atoms with E-state index < -0.39 is 8.32 Å². The van der Waals surface area contributed by atoms with Gasteiger partial charge in [-0.2, -0.15) is 0 Å². The smallest absolute Gasteiger partial charge is 0.224 e. The van der Waals surface area contributed by atoms with Crippen LogP contribution in [0.2, 0.25) is 18.1 Å². The predicted molar refractivity (Wildman–Crippen MR) is 175 cm³/mol. The van der Waals surface area contributed by atoms with E-state index in [9.17, 15) is 15.0 Å². The molecule has 4 bridgehead atoms. The number of carbonyl (C=O) groups excluding carboxylic acids is 1. The zero-order valence-corrected chi connectivity index (χ0v) is 28.2. The number of aromatic hydroxyl groups is 1. The quantitative estimate of drug-likeness (QED) is 0.203. The highest BCUT2D eigenvalue weighted by molar-refractivity contribution is 6.74. The second-order valence-corrected chi connectivity index (χ2v) is 20.2. The molecule has 4 saturated carbocycles. The molecule has 0 heterocycles. The molecule has 4 N–H and O–H groups in total. The molecule has 2 atom stereocenters. The number of nitrogens with one attached hydrogen (secondary N) is 2. The van der Waals surface area contributed by atoms with Crippen LogP contribution in [0.1, 0.15) is 88.2 Å². The van der Waals surface area contributed by atoms with E-state index in [0.29, 0.717) is 36.4 Å². The number of hydrogen-bond acceptors (Lipinski definition) is 5. The van der Waals surface area contributed by atoms with Gasteiger partial charge in [-0.3, -0.25) is 4.79 Å². The lowest BCUT2D eigenvalue weighted by Crippen LogP contribution is -2.56. The van der Waals surface area contributed by atoms with Gasteiger partial charge in [0.2, 0.25) is 5.91 Å². The molecule has 0 aliphatic heterocycles. The summed E-state index contributed by atoms with van der Waals surface area (Å²) in [6.07, 6.45) is 7.77. The minimum atomic E-state index is -2.09. The van der Waals surface area contributed by atoms with Crippen LogP contribution in [0.25, 0.3) is 0 Å². The molecule has 7 heteroatoms. The second kappa shape index (κ2) is 13.0. The lowest BCUT2D eigenvalue weighted by Gasteiger charge is -2.54. The molecule has 0 aromatic heterocycles. The Morgan fingerprint density at radius 2 is 1.65 bits per heavy atom. The van der Waals surface area contributed by atoms with Gasteiger partial charge >= 0.3 is 0 Å². The lowest BCUT2D eigenvalue weighted by atomic mass is 9.54. The van der Waals surface area contributed by atoms with Gasteiger partial charge in [0.05, 0.1) is 19.1 Å². The van der Waals surface area contributed by atoms with Crippen molar-refractivity contribution in [2.75, 3.05) is 6.54 Å². The average Bonchev–Trinajstić information content (AvgIpc) is 2.92. The fourth-order valence-corrected chi connectivity index (χ4v) is 9.16. The standard InChI is InChI=1S/C36H54N2O4Si/c1-23(37-21-33(42-43(5,6)36(2,3)4)28-10-11-32(40)31(20-28)22-39)12-24-8-7-9-25(13-24)19-34(41)38-35-29-15-26-14-27(17-29)18-30(35)16-26/h7-11,13,20,23,26-27,29-30,33,35,37,39-40H,12,14-19,21-22H2,1-6H3,(H,38,41)/t23-,26?,27?,29?,30?,33-,35?/m1/s1. The van der Waals surface area contributed by atoms with Gasteiger partial charge in [-0.25, -0.2) is 0 Å². The van der Waals surface area contributed by atoms with E-state index in [4.69, 9.17) is 4.43 Å². The molecule has 1 amide bonds. The summed E-state index contributed by atoms with van der Waals surface area (Å²) >= 11 is 0. The molecular formula is C36H54N2O4Si. The summed E-state index contributed by atoms with van der Waals surface area (Å²) in [4.78, 5) is 13.1. The van der Waals surface area contributed by atoms with E-state index in [0.717, 1.165) is 29.4 Å². The molecule has 4 aliphatic rings. The summed E-state index contributed by atoms with van der Waals surface area (Å²) in [6, 6.07) is 14.5. The predicted octanol–water partition coefficient (Wildman–Crippen LogP) is 6.65. The molecule has 0 radical (unpaired) electrons. The third-order valence-corrected chi connectivity index (χ3v) is 15.5. The van der Waals surface area contributed by atoms with Crippen molar-refractivity contribution in [3.05, 3.63) is 64.7 Å². The third-order valence-electron chi connectivity index (χ3n) is 11.0. The Hall–Kier alpha value is -2.19. The second-order valence-electron chi connectivity index (χ2n) is 15.4. The first kappa shape index (κ1) is 32.2. The SMILES string of the molecule is C[C@H](Cc1cccc(CC(=O)NC2C3CC4CC(C3)CC2C4)c1)NC[C@@H](O[Si](C)(C)C(C)(C)C)c1ccc(O)c(CO)c1. The van der Waals surface area contributed by atoms with Crippen molar-refractivity contribution in [2.45, 2.75) is 116 Å². The molecule has 2 aromatic carbocycles. The summed E-state index contributed by atoms with van der Waals surface area (Å²) in [6.45, 7) is 13.8. The minimum absolute atomic E-state index is 0.0520. The van der Waals surface area contributed by atoms with Crippen LogP contribution < -0.4 is 10.6 Å². The Kier molecular flexibility index (Phi) is 9.77. The Labute approximate surface area is 260 Å². The molecule has 0 spiro atoms. The van der Waals surface area contributed by atoms with E-state index >= 15 is 0 Å². The number of aliphatic hydroxyl groups excluding tert-OH is 1. The van der Waals surface area contributed by atoms with Gasteiger partial charge in [0.15, 0.2) is 8.32 Å². The fourth-order valence-electron chi connectivity index (χ4n) is 7.88. The molecule has 4 aliphatic carbocycles. The summed E-state index contributed by atoms with van der Waals surface area (Å²) < 4.78 is 6.86. The van der Waals surface area contributed by atoms with Gasteiger partial charge in [0.1, 0.15) is 5.75 Å². The average molecular weight is 607 g/mol. The maximum absolute atomic E-state index is 13.1. The number of phenols is 1. The first-order valence-corrected chi connectivity index (χ1v) is 19.4. The van der Waals surface area contributed by atoms with Crippen molar-refractivity contribution in [3.8, 4) is 5.75 Å². The third kappa shape index (κ3) is 7.73. The Bertz CT molecular complexity index is 1240. The van der Waals surface area contributed by atoms with Crippen molar-refractivity contribution < 1.29 is 19.4 Å². The van der Waals surface area contributed by atoms with Crippen LogP contribution in [0.5, 0.6) is 5.75 Å². The van der Waals surface area contributed by atoms with E-state index in [1.165, 1.54) is 37.7 Å². The van der Waals surface area contributed by atoms with Crippen molar-refractivity contribution in [2.24, 2.45) is 23.7 Å².